The molecule has 1 aromatic carbocycles. The molecule has 20 heavy (non-hydrogen) atoms. The molecule has 0 aromatic heterocycles. The zero-order chi connectivity index (χ0) is 14.5. The zero-order valence-electron chi connectivity index (χ0n) is 12.1. The molecule has 1 N–H and O–H groups in total. The van der Waals surface area contributed by atoms with Crippen molar-refractivity contribution in [3.8, 4) is 0 Å². The maximum absolute atomic E-state index is 11.6. The monoisotopic (exact) mass is 339 g/mol. The second-order valence-electron chi connectivity index (χ2n) is 5.62. The number of nitrogens with zero attached hydrogens (tertiary/aromatic N) is 2. The van der Waals surface area contributed by atoms with E-state index in [1.165, 1.54) is 5.69 Å². The van der Waals surface area contributed by atoms with E-state index in [2.05, 4.69) is 50.4 Å². The fourth-order valence-electron chi connectivity index (χ4n) is 2.49. The molecule has 4 nitrogen and oxygen atoms in total. The number of halogens is 1. The number of benzene rings is 1. The van der Waals surface area contributed by atoms with Crippen LogP contribution in [0.25, 0.3) is 0 Å². The van der Waals surface area contributed by atoms with Crippen LogP contribution >= 0.6 is 15.9 Å². The second-order valence-corrected chi connectivity index (χ2v) is 6.53. The molecule has 1 aliphatic heterocycles. The van der Waals surface area contributed by atoms with Crippen LogP contribution in [0.4, 0.5) is 5.69 Å². The van der Waals surface area contributed by atoms with Crippen molar-refractivity contribution in [2.24, 2.45) is 5.92 Å². The van der Waals surface area contributed by atoms with E-state index in [0.29, 0.717) is 12.5 Å². The first-order chi connectivity index (χ1) is 9.54. The van der Waals surface area contributed by atoms with Crippen LogP contribution < -0.4 is 10.2 Å². The van der Waals surface area contributed by atoms with Crippen molar-refractivity contribution in [2.75, 3.05) is 45.2 Å². The van der Waals surface area contributed by atoms with Gasteiger partial charge in [-0.25, -0.2) is 0 Å². The Morgan fingerprint density at radius 3 is 2.75 bits per heavy atom. The van der Waals surface area contributed by atoms with Crippen LogP contribution in [0, 0.1) is 5.92 Å². The van der Waals surface area contributed by atoms with E-state index in [9.17, 15) is 4.79 Å². The number of carbonyl (C=O) groups is 1. The van der Waals surface area contributed by atoms with Crippen LogP contribution in [-0.2, 0) is 4.79 Å². The molecule has 0 bridgehead atoms. The lowest BCUT2D eigenvalue weighted by Crippen LogP contribution is -2.36. The fourth-order valence-corrected chi connectivity index (χ4v) is 2.75. The Morgan fingerprint density at radius 1 is 1.40 bits per heavy atom. The van der Waals surface area contributed by atoms with Crippen LogP contribution in [0.15, 0.2) is 28.7 Å². The van der Waals surface area contributed by atoms with Gasteiger partial charge in [0.2, 0.25) is 5.91 Å². The predicted molar refractivity (Wildman–Crippen MR) is 86.0 cm³/mol. The zero-order valence-corrected chi connectivity index (χ0v) is 13.7. The van der Waals surface area contributed by atoms with Crippen molar-refractivity contribution in [1.29, 1.82) is 0 Å². The Hall–Kier alpha value is -1.07. The normalized spacial score (nSPS) is 18.6. The van der Waals surface area contributed by atoms with Gasteiger partial charge < -0.3 is 15.1 Å². The quantitative estimate of drug-likeness (QED) is 0.890. The number of anilines is 1. The number of hydrogen-bond acceptors (Lipinski definition) is 3. The van der Waals surface area contributed by atoms with E-state index >= 15 is 0 Å². The number of hydrogen-bond donors (Lipinski definition) is 1. The Labute approximate surface area is 129 Å². The van der Waals surface area contributed by atoms with E-state index in [1.54, 1.807) is 0 Å². The van der Waals surface area contributed by atoms with E-state index in [-0.39, 0.29) is 5.91 Å². The van der Waals surface area contributed by atoms with Gasteiger partial charge in [0.1, 0.15) is 0 Å². The minimum atomic E-state index is 0.108. The van der Waals surface area contributed by atoms with E-state index < -0.39 is 0 Å². The van der Waals surface area contributed by atoms with Crippen LogP contribution in [0.2, 0.25) is 0 Å². The van der Waals surface area contributed by atoms with Crippen molar-refractivity contribution >= 4 is 27.5 Å². The summed E-state index contributed by atoms with van der Waals surface area (Å²) in [7, 11) is 3.81. The Bertz CT molecular complexity index is 447. The number of nitrogens with one attached hydrogen (secondary N) is 1. The molecule has 1 saturated heterocycles. The Kier molecular flexibility index (Phi) is 5.43. The molecule has 0 spiro atoms. The summed E-state index contributed by atoms with van der Waals surface area (Å²) in [6.07, 6.45) is 1.14. The Morgan fingerprint density at radius 2 is 2.10 bits per heavy atom. The molecule has 1 amide bonds. The second kappa shape index (κ2) is 7.09. The van der Waals surface area contributed by atoms with Gasteiger partial charge in [-0.05, 0) is 50.7 Å². The van der Waals surface area contributed by atoms with Gasteiger partial charge >= 0.3 is 0 Å². The first-order valence-electron chi connectivity index (χ1n) is 6.96. The third-order valence-electron chi connectivity index (χ3n) is 3.53. The number of likely N-dealkylation sites (N-methyl/N-ethyl adjacent to an activating group) is 1. The minimum Gasteiger partial charge on any atom is -0.371 e. The minimum absolute atomic E-state index is 0.108. The van der Waals surface area contributed by atoms with Gasteiger partial charge in [-0.15, -0.1) is 0 Å². The fraction of sp³-hybridized carbons (Fsp3) is 0.533. The maximum Gasteiger partial charge on any atom is 0.234 e. The van der Waals surface area contributed by atoms with Gasteiger partial charge in [0, 0.05) is 29.8 Å². The largest absolute Gasteiger partial charge is 0.371 e. The molecule has 1 unspecified atom stereocenters. The lowest BCUT2D eigenvalue weighted by atomic mass is 10.1. The first-order valence-corrected chi connectivity index (χ1v) is 7.76. The molecule has 1 aromatic rings. The Balaban J connectivity index is 1.78. The molecule has 1 heterocycles. The molecule has 0 saturated carbocycles. The van der Waals surface area contributed by atoms with E-state index in [0.717, 1.165) is 30.5 Å². The van der Waals surface area contributed by atoms with Gasteiger partial charge in [-0.1, -0.05) is 15.9 Å². The number of amides is 1. The highest BCUT2D eigenvalue weighted by Gasteiger charge is 2.23. The lowest BCUT2D eigenvalue weighted by molar-refractivity contribution is -0.121. The molecule has 0 aliphatic carbocycles. The summed E-state index contributed by atoms with van der Waals surface area (Å²) in [5.74, 6) is 0.654. The van der Waals surface area contributed by atoms with Crippen LogP contribution in [0.3, 0.4) is 0 Å². The highest BCUT2D eigenvalue weighted by atomic mass is 79.9. The summed E-state index contributed by atoms with van der Waals surface area (Å²) in [6.45, 7) is 3.32. The average Bonchev–Trinajstić information content (AvgIpc) is 2.85. The molecule has 2 rings (SSSR count). The van der Waals surface area contributed by atoms with Crippen LogP contribution in [0.1, 0.15) is 6.42 Å². The summed E-state index contributed by atoms with van der Waals surface area (Å²) < 4.78 is 1.10. The van der Waals surface area contributed by atoms with Gasteiger partial charge in [0.15, 0.2) is 0 Å². The van der Waals surface area contributed by atoms with Crippen molar-refractivity contribution in [3.63, 3.8) is 0 Å². The third kappa shape index (κ3) is 4.49. The topological polar surface area (TPSA) is 35.6 Å². The lowest BCUT2D eigenvalue weighted by Gasteiger charge is -2.19. The average molecular weight is 340 g/mol. The standard InChI is InChI=1S/C15H22BrN3O/c1-18(2)11-15(20)17-9-12-7-8-19(10-12)14-5-3-13(16)4-6-14/h3-6,12H,7-11H2,1-2H3,(H,17,20). The summed E-state index contributed by atoms with van der Waals surface area (Å²) in [5.41, 5.74) is 1.26. The highest BCUT2D eigenvalue weighted by molar-refractivity contribution is 9.10. The molecule has 1 atom stereocenters. The molecule has 5 heteroatoms. The molecular formula is C15H22BrN3O. The van der Waals surface area contributed by atoms with Gasteiger partial charge in [0.25, 0.3) is 0 Å². The highest BCUT2D eigenvalue weighted by Crippen LogP contribution is 2.24. The van der Waals surface area contributed by atoms with Gasteiger partial charge in [-0.3, -0.25) is 4.79 Å². The van der Waals surface area contributed by atoms with Gasteiger partial charge in [-0.2, -0.15) is 0 Å². The van der Waals surface area contributed by atoms with Crippen molar-refractivity contribution in [1.82, 2.24) is 10.2 Å². The van der Waals surface area contributed by atoms with E-state index in [1.807, 2.05) is 19.0 Å². The van der Waals surface area contributed by atoms with E-state index in [4.69, 9.17) is 0 Å². The molecule has 110 valence electrons. The summed E-state index contributed by atoms with van der Waals surface area (Å²) >= 11 is 3.46. The third-order valence-corrected chi connectivity index (χ3v) is 4.05. The van der Waals surface area contributed by atoms with Crippen LogP contribution in [0.5, 0.6) is 0 Å². The molecule has 1 aliphatic rings. The predicted octanol–water partition coefficient (Wildman–Crippen LogP) is 1.95. The smallest absolute Gasteiger partial charge is 0.234 e. The van der Waals surface area contributed by atoms with Crippen LogP contribution in [-0.4, -0.2) is 51.1 Å². The summed E-state index contributed by atoms with van der Waals surface area (Å²) in [4.78, 5) is 15.9. The molecular weight excluding hydrogens is 318 g/mol. The van der Waals surface area contributed by atoms with Gasteiger partial charge in [0.05, 0.1) is 6.54 Å². The summed E-state index contributed by atoms with van der Waals surface area (Å²) in [6, 6.07) is 8.41. The SMILES string of the molecule is CN(C)CC(=O)NCC1CCN(c2ccc(Br)cc2)C1. The summed E-state index contributed by atoms with van der Waals surface area (Å²) in [5, 5.41) is 3.02. The first kappa shape index (κ1) is 15.3. The number of carbonyl (C=O) groups excluding carboxylic acids is 1. The maximum atomic E-state index is 11.6. The molecule has 0 radical (unpaired) electrons. The van der Waals surface area contributed by atoms with Crippen molar-refractivity contribution < 1.29 is 4.79 Å². The van der Waals surface area contributed by atoms with Crippen molar-refractivity contribution in [3.05, 3.63) is 28.7 Å². The number of rotatable bonds is 5. The van der Waals surface area contributed by atoms with Crippen molar-refractivity contribution in [2.45, 2.75) is 6.42 Å². The molecule has 1 fully saturated rings.